The number of amides is 1. The smallest absolute Gasteiger partial charge is 0.251 e. The van der Waals surface area contributed by atoms with E-state index in [0.717, 1.165) is 44.6 Å². The van der Waals surface area contributed by atoms with E-state index in [-0.39, 0.29) is 11.7 Å². The van der Waals surface area contributed by atoms with E-state index in [0.29, 0.717) is 29.9 Å². The van der Waals surface area contributed by atoms with Crippen LogP contribution in [0.2, 0.25) is 0 Å². The number of carbonyl (C=O) groups is 1. The highest BCUT2D eigenvalue weighted by Gasteiger charge is 2.25. The first-order valence-corrected chi connectivity index (χ1v) is 9.58. The van der Waals surface area contributed by atoms with E-state index < -0.39 is 0 Å². The summed E-state index contributed by atoms with van der Waals surface area (Å²) in [6.45, 7) is 2.16. The van der Waals surface area contributed by atoms with Gasteiger partial charge in [-0.2, -0.15) is 0 Å². The number of carbonyl (C=O) groups excluding carboxylic acids is 1. The normalized spacial score (nSPS) is 19.6. The average molecular weight is 369 g/mol. The Labute approximate surface area is 158 Å². The van der Waals surface area contributed by atoms with Crippen LogP contribution in [0.3, 0.4) is 0 Å². The van der Waals surface area contributed by atoms with Gasteiger partial charge in [0.05, 0.1) is 6.61 Å². The fourth-order valence-electron chi connectivity index (χ4n) is 3.41. The molecule has 6 heteroatoms. The van der Waals surface area contributed by atoms with Crippen molar-refractivity contribution in [3.05, 3.63) is 54.0 Å². The van der Waals surface area contributed by atoms with Gasteiger partial charge in [-0.25, -0.2) is 9.37 Å². The van der Waals surface area contributed by atoms with Crippen LogP contribution in [0, 0.1) is 11.7 Å². The van der Waals surface area contributed by atoms with Crippen molar-refractivity contribution in [2.24, 2.45) is 5.92 Å². The van der Waals surface area contributed by atoms with Crippen LogP contribution in [-0.4, -0.2) is 36.6 Å². The molecule has 1 aromatic carbocycles. The second-order valence-corrected chi connectivity index (χ2v) is 7.35. The van der Waals surface area contributed by atoms with E-state index in [1.165, 1.54) is 6.07 Å². The highest BCUT2D eigenvalue weighted by Crippen LogP contribution is 2.25. The van der Waals surface area contributed by atoms with Crippen LogP contribution < -0.4 is 15.0 Å². The lowest BCUT2D eigenvalue weighted by molar-refractivity contribution is 0.0951. The van der Waals surface area contributed by atoms with Gasteiger partial charge in [0.2, 0.25) is 0 Å². The summed E-state index contributed by atoms with van der Waals surface area (Å²) in [6, 6.07) is 10.4. The molecule has 142 valence electrons. The molecule has 1 aromatic heterocycles. The summed E-state index contributed by atoms with van der Waals surface area (Å²) in [6.07, 6.45) is 5.88. The van der Waals surface area contributed by atoms with Crippen molar-refractivity contribution < 1.29 is 13.9 Å². The number of piperidine rings is 1. The summed E-state index contributed by atoms with van der Waals surface area (Å²) in [5.41, 5.74) is 0.650. The van der Waals surface area contributed by atoms with Crippen molar-refractivity contribution >= 4 is 11.7 Å². The first kappa shape index (κ1) is 17.8. The first-order valence-electron chi connectivity index (χ1n) is 9.58. The minimum absolute atomic E-state index is 0.0300. The number of nitrogens with zero attached hydrogens (tertiary/aromatic N) is 2. The molecule has 2 heterocycles. The number of para-hydroxylation sites is 1. The van der Waals surface area contributed by atoms with Gasteiger partial charge >= 0.3 is 0 Å². The number of anilines is 1. The number of hydrogen-bond donors (Lipinski definition) is 1. The van der Waals surface area contributed by atoms with Gasteiger partial charge in [0, 0.05) is 36.8 Å². The molecule has 27 heavy (non-hydrogen) atoms. The Bertz CT molecular complexity index is 810. The molecule has 1 N–H and O–H groups in total. The standard InChI is InChI=1S/C21H24FN3O2/c22-18-5-1-2-6-19(18)27-14-15-4-3-11-25(13-15)20-12-16(9-10-23-20)21(26)24-17-7-8-17/h1-2,5-6,9-10,12,15,17H,3-4,7-8,11,13-14H2,(H,24,26)/t15-/m0/s1. The zero-order chi connectivity index (χ0) is 18.6. The van der Waals surface area contributed by atoms with Crippen LogP contribution >= 0.6 is 0 Å². The number of pyridine rings is 1. The Morgan fingerprint density at radius 2 is 2.11 bits per heavy atom. The van der Waals surface area contributed by atoms with Gasteiger partial charge in [-0.15, -0.1) is 0 Å². The Kier molecular flexibility index (Phi) is 5.23. The summed E-state index contributed by atoms with van der Waals surface area (Å²) in [5.74, 6) is 1.04. The van der Waals surface area contributed by atoms with E-state index in [9.17, 15) is 9.18 Å². The van der Waals surface area contributed by atoms with Crippen LogP contribution in [0.15, 0.2) is 42.6 Å². The van der Waals surface area contributed by atoms with Crippen molar-refractivity contribution in [2.75, 3.05) is 24.6 Å². The largest absolute Gasteiger partial charge is 0.490 e. The molecule has 0 radical (unpaired) electrons. The van der Waals surface area contributed by atoms with E-state index in [1.807, 2.05) is 6.07 Å². The predicted octanol–water partition coefficient (Wildman–Crippen LogP) is 3.41. The third-order valence-electron chi connectivity index (χ3n) is 5.07. The molecule has 5 nitrogen and oxygen atoms in total. The Morgan fingerprint density at radius 1 is 1.26 bits per heavy atom. The second kappa shape index (κ2) is 7.94. The van der Waals surface area contributed by atoms with E-state index >= 15 is 0 Å². The maximum absolute atomic E-state index is 13.7. The first-order chi connectivity index (χ1) is 13.2. The molecule has 1 atom stereocenters. The lowest BCUT2D eigenvalue weighted by atomic mass is 9.99. The minimum Gasteiger partial charge on any atom is -0.490 e. The van der Waals surface area contributed by atoms with Crippen LogP contribution in [0.25, 0.3) is 0 Å². The Balaban J connectivity index is 1.37. The third kappa shape index (κ3) is 4.56. The van der Waals surface area contributed by atoms with Crippen molar-refractivity contribution in [2.45, 2.75) is 31.7 Å². The fraction of sp³-hybridized carbons (Fsp3) is 0.429. The molecular weight excluding hydrogens is 345 g/mol. The monoisotopic (exact) mass is 369 g/mol. The molecule has 0 unspecified atom stereocenters. The number of ether oxygens (including phenoxy) is 1. The highest BCUT2D eigenvalue weighted by molar-refractivity contribution is 5.95. The van der Waals surface area contributed by atoms with Crippen molar-refractivity contribution in [3.8, 4) is 5.75 Å². The molecule has 2 fully saturated rings. The lowest BCUT2D eigenvalue weighted by Gasteiger charge is -2.33. The molecular formula is C21H24FN3O2. The summed E-state index contributed by atoms with van der Waals surface area (Å²) >= 11 is 0. The molecule has 0 spiro atoms. The SMILES string of the molecule is O=C(NC1CC1)c1ccnc(N2CCC[C@H](COc3ccccc3F)C2)c1. The fourth-order valence-corrected chi connectivity index (χ4v) is 3.41. The molecule has 1 aliphatic heterocycles. The van der Waals surface area contributed by atoms with Gasteiger partial charge in [0.15, 0.2) is 11.6 Å². The van der Waals surface area contributed by atoms with Gasteiger partial charge in [-0.3, -0.25) is 4.79 Å². The zero-order valence-corrected chi connectivity index (χ0v) is 15.2. The van der Waals surface area contributed by atoms with Crippen LogP contribution in [0.1, 0.15) is 36.0 Å². The molecule has 1 amide bonds. The second-order valence-electron chi connectivity index (χ2n) is 7.35. The number of benzene rings is 1. The van der Waals surface area contributed by atoms with E-state index in [1.54, 1.807) is 30.5 Å². The number of nitrogens with one attached hydrogen (secondary N) is 1. The quantitative estimate of drug-likeness (QED) is 0.848. The van der Waals surface area contributed by atoms with E-state index in [4.69, 9.17) is 4.74 Å². The molecule has 0 bridgehead atoms. The van der Waals surface area contributed by atoms with Gasteiger partial charge in [0.25, 0.3) is 5.91 Å². The molecule has 4 rings (SSSR count). The van der Waals surface area contributed by atoms with Crippen molar-refractivity contribution in [1.82, 2.24) is 10.3 Å². The van der Waals surface area contributed by atoms with Gasteiger partial charge in [0.1, 0.15) is 5.82 Å². The minimum atomic E-state index is -0.332. The summed E-state index contributed by atoms with van der Waals surface area (Å²) < 4.78 is 19.4. The average Bonchev–Trinajstić information content (AvgIpc) is 3.52. The molecule has 1 saturated carbocycles. The number of rotatable bonds is 6. The van der Waals surface area contributed by atoms with Crippen molar-refractivity contribution in [1.29, 1.82) is 0 Å². The topological polar surface area (TPSA) is 54.5 Å². The molecule has 1 saturated heterocycles. The molecule has 1 aliphatic carbocycles. The number of aromatic nitrogens is 1. The highest BCUT2D eigenvalue weighted by atomic mass is 19.1. The van der Waals surface area contributed by atoms with Crippen LogP contribution in [0.4, 0.5) is 10.2 Å². The lowest BCUT2D eigenvalue weighted by Crippen LogP contribution is -2.38. The maximum Gasteiger partial charge on any atom is 0.251 e. The molecule has 2 aromatic rings. The van der Waals surface area contributed by atoms with Gasteiger partial charge in [-0.1, -0.05) is 12.1 Å². The third-order valence-corrected chi connectivity index (χ3v) is 5.07. The van der Waals surface area contributed by atoms with Gasteiger partial charge < -0.3 is 15.0 Å². The predicted molar refractivity (Wildman–Crippen MR) is 102 cm³/mol. The zero-order valence-electron chi connectivity index (χ0n) is 15.2. The number of hydrogen-bond acceptors (Lipinski definition) is 4. The Hall–Kier alpha value is -2.63. The Morgan fingerprint density at radius 3 is 2.93 bits per heavy atom. The van der Waals surface area contributed by atoms with Gasteiger partial charge in [-0.05, 0) is 49.9 Å². The molecule has 2 aliphatic rings. The van der Waals surface area contributed by atoms with Crippen LogP contribution in [0.5, 0.6) is 5.75 Å². The van der Waals surface area contributed by atoms with Crippen LogP contribution in [-0.2, 0) is 0 Å². The summed E-state index contributed by atoms with van der Waals surface area (Å²) in [5, 5.41) is 3.01. The summed E-state index contributed by atoms with van der Waals surface area (Å²) in [4.78, 5) is 18.9. The van der Waals surface area contributed by atoms with E-state index in [2.05, 4.69) is 15.2 Å². The summed E-state index contributed by atoms with van der Waals surface area (Å²) in [7, 11) is 0. The maximum atomic E-state index is 13.7. The van der Waals surface area contributed by atoms with Crippen molar-refractivity contribution in [3.63, 3.8) is 0 Å². The number of halogens is 1.